The Kier molecular flexibility index (Phi) is 3.64. The molecule has 2 rings (SSSR count). The summed E-state index contributed by atoms with van der Waals surface area (Å²) in [5.41, 5.74) is 0.904. The van der Waals surface area contributed by atoms with Crippen molar-refractivity contribution in [2.24, 2.45) is 0 Å². The van der Waals surface area contributed by atoms with Gasteiger partial charge in [-0.2, -0.15) is 0 Å². The highest BCUT2D eigenvalue weighted by atomic mass is 16.5. The fourth-order valence-corrected chi connectivity index (χ4v) is 1.86. The molecule has 1 saturated heterocycles. The van der Waals surface area contributed by atoms with Crippen molar-refractivity contribution in [3.05, 3.63) is 23.8 Å². The molecule has 88 valence electrons. The topological polar surface area (TPSA) is 41.9 Å². The number of morpholine rings is 1. The van der Waals surface area contributed by atoms with Crippen molar-refractivity contribution in [2.75, 3.05) is 33.4 Å². The number of phenolic OH excluding ortho intramolecular Hbond substituents is 1. The van der Waals surface area contributed by atoms with Gasteiger partial charge in [0, 0.05) is 25.2 Å². The molecule has 1 aromatic rings. The van der Waals surface area contributed by atoms with E-state index < -0.39 is 0 Å². The maximum Gasteiger partial charge on any atom is 0.162 e. The summed E-state index contributed by atoms with van der Waals surface area (Å²) < 4.78 is 10.4. The zero-order chi connectivity index (χ0) is 11.4. The summed E-state index contributed by atoms with van der Waals surface area (Å²) in [6.45, 7) is 4.11. The molecule has 4 heteroatoms. The minimum atomic E-state index is 0.247. The van der Waals surface area contributed by atoms with Gasteiger partial charge in [-0.15, -0.1) is 0 Å². The third-order valence-corrected chi connectivity index (χ3v) is 2.80. The van der Waals surface area contributed by atoms with E-state index in [9.17, 15) is 5.11 Å². The zero-order valence-corrected chi connectivity index (χ0v) is 9.48. The van der Waals surface area contributed by atoms with Gasteiger partial charge in [0.15, 0.2) is 11.5 Å². The van der Waals surface area contributed by atoms with Gasteiger partial charge in [-0.1, -0.05) is 12.1 Å². The van der Waals surface area contributed by atoms with E-state index in [2.05, 4.69) is 4.90 Å². The summed E-state index contributed by atoms with van der Waals surface area (Å²) in [6.07, 6.45) is 0. The van der Waals surface area contributed by atoms with Gasteiger partial charge >= 0.3 is 0 Å². The lowest BCUT2D eigenvalue weighted by Crippen LogP contribution is -2.35. The van der Waals surface area contributed by atoms with Crippen molar-refractivity contribution in [2.45, 2.75) is 6.54 Å². The van der Waals surface area contributed by atoms with E-state index in [4.69, 9.17) is 9.47 Å². The lowest BCUT2D eigenvalue weighted by molar-refractivity contribution is 0.0338. The quantitative estimate of drug-likeness (QED) is 0.837. The number of hydrogen-bond acceptors (Lipinski definition) is 4. The van der Waals surface area contributed by atoms with Crippen molar-refractivity contribution in [3.63, 3.8) is 0 Å². The first-order valence-corrected chi connectivity index (χ1v) is 5.46. The van der Waals surface area contributed by atoms with E-state index in [1.54, 1.807) is 13.2 Å². The maximum absolute atomic E-state index is 9.94. The number of para-hydroxylation sites is 1. The van der Waals surface area contributed by atoms with E-state index in [-0.39, 0.29) is 5.75 Å². The van der Waals surface area contributed by atoms with Crippen LogP contribution in [0.1, 0.15) is 5.56 Å². The highest BCUT2D eigenvalue weighted by Gasteiger charge is 2.14. The molecule has 1 fully saturated rings. The third kappa shape index (κ3) is 2.46. The summed E-state index contributed by atoms with van der Waals surface area (Å²) in [5.74, 6) is 0.780. The second kappa shape index (κ2) is 5.18. The molecule has 1 aliphatic heterocycles. The van der Waals surface area contributed by atoms with Crippen LogP contribution in [-0.2, 0) is 11.3 Å². The van der Waals surface area contributed by atoms with Crippen LogP contribution in [-0.4, -0.2) is 43.4 Å². The normalized spacial score (nSPS) is 17.3. The number of benzene rings is 1. The predicted octanol–water partition coefficient (Wildman–Crippen LogP) is 1.23. The van der Waals surface area contributed by atoms with Crippen LogP contribution in [0.15, 0.2) is 18.2 Å². The molecule has 0 aliphatic carbocycles. The SMILES string of the molecule is COc1cccc(CN2CCOCC2)c1O. The first kappa shape index (κ1) is 11.2. The number of methoxy groups -OCH3 is 1. The molecule has 16 heavy (non-hydrogen) atoms. The molecule has 0 bridgehead atoms. The van der Waals surface area contributed by atoms with Crippen LogP contribution >= 0.6 is 0 Å². The van der Waals surface area contributed by atoms with Crippen molar-refractivity contribution < 1.29 is 14.6 Å². The standard InChI is InChI=1S/C12H17NO3/c1-15-11-4-2-3-10(12(11)14)9-13-5-7-16-8-6-13/h2-4,14H,5-9H2,1H3. The van der Waals surface area contributed by atoms with Gasteiger partial charge in [0.05, 0.1) is 20.3 Å². The minimum Gasteiger partial charge on any atom is -0.504 e. The molecule has 0 atom stereocenters. The Hall–Kier alpha value is -1.26. The molecular weight excluding hydrogens is 206 g/mol. The highest BCUT2D eigenvalue weighted by Crippen LogP contribution is 2.30. The number of ether oxygens (including phenoxy) is 2. The average molecular weight is 223 g/mol. The van der Waals surface area contributed by atoms with Crippen LogP contribution in [0.5, 0.6) is 11.5 Å². The van der Waals surface area contributed by atoms with Gasteiger partial charge in [0.25, 0.3) is 0 Å². The average Bonchev–Trinajstić information content (AvgIpc) is 2.33. The molecule has 1 heterocycles. The summed E-state index contributed by atoms with van der Waals surface area (Å²) in [6, 6.07) is 5.58. The van der Waals surface area contributed by atoms with E-state index in [0.29, 0.717) is 5.75 Å². The molecule has 0 saturated carbocycles. The molecule has 1 N–H and O–H groups in total. The monoisotopic (exact) mass is 223 g/mol. The second-order valence-corrected chi connectivity index (χ2v) is 3.86. The zero-order valence-electron chi connectivity index (χ0n) is 9.48. The Morgan fingerprint density at radius 1 is 1.38 bits per heavy atom. The van der Waals surface area contributed by atoms with Gasteiger partial charge < -0.3 is 14.6 Å². The van der Waals surface area contributed by atoms with Crippen LogP contribution in [0.25, 0.3) is 0 Å². The van der Waals surface area contributed by atoms with E-state index in [1.165, 1.54) is 0 Å². The van der Waals surface area contributed by atoms with Gasteiger partial charge in [0.1, 0.15) is 0 Å². The van der Waals surface area contributed by atoms with Gasteiger partial charge in [-0.05, 0) is 6.07 Å². The Labute approximate surface area is 95.4 Å². The molecular formula is C12H17NO3. The molecule has 1 aromatic carbocycles. The summed E-state index contributed by atoms with van der Waals surface area (Å²) in [4.78, 5) is 2.26. The third-order valence-electron chi connectivity index (χ3n) is 2.80. The van der Waals surface area contributed by atoms with Crippen molar-refractivity contribution in [1.82, 2.24) is 4.90 Å². The van der Waals surface area contributed by atoms with Crippen LogP contribution in [0, 0.1) is 0 Å². The summed E-state index contributed by atoms with van der Waals surface area (Å²) in [7, 11) is 1.56. The van der Waals surface area contributed by atoms with E-state index in [1.807, 2.05) is 12.1 Å². The predicted molar refractivity (Wildman–Crippen MR) is 60.8 cm³/mol. The smallest absolute Gasteiger partial charge is 0.162 e. The number of rotatable bonds is 3. The molecule has 0 radical (unpaired) electrons. The first-order valence-electron chi connectivity index (χ1n) is 5.46. The first-order chi connectivity index (χ1) is 7.81. The lowest BCUT2D eigenvalue weighted by atomic mass is 10.1. The van der Waals surface area contributed by atoms with Crippen LogP contribution in [0.3, 0.4) is 0 Å². The molecule has 0 unspecified atom stereocenters. The van der Waals surface area contributed by atoms with E-state index >= 15 is 0 Å². The number of nitrogens with zero attached hydrogens (tertiary/aromatic N) is 1. The van der Waals surface area contributed by atoms with Gasteiger partial charge in [-0.25, -0.2) is 0 Å². The Balaban J connectivity index is 2.08. The van der Waals surface area contributed by atoms with Crippen LogP contribution in [0.2, 0.25) is 0 Å². The number of hydrogen-bond donors (Lipinski definition) is 1. The van der Waals surface area contributed by atoms with Gasteiger partial charge in [0.2, 0.25) is 0 Å². The van der Waals surface area contributed by atoms with Crippen molar-refractivity contribution in [1.29, 1.82) is 0 Å². The van der Waals surface area contributed by atoms with E-state index in [0.717, 1.165) is 38.4 Å². The Morgan fingerprint density at radius 2 is 2.12 bits per heavy atom. The largest absolute Gasteiger partial charge is 0.504 e. The highest BCUT2D eigenvalue weighted by molar-refractivity contribution is 5.45. The maximum atomic E-state index is 9.94. The lowest BCUT2D eigenvalue weighted by Gasteiger charge is -2.26. The van der Waals surface area contributed by atoms with Crippen LogP contribution in [0.4, 0.5) is 0 Å². The molecule has 0 spiro atoms. The summed E-state index contributed by atoms with van der Waals surface area (Å²) >= 11 is 0. The Bertz CT molecular complexity index is 348. The molecule has 1 aliphatic rings. The molecule has 4 nitrogen and oxygen atoms in total. The van der Waals surface area contributed by atoms with Crippen LogP contribution < -0.4 is 4.74 Å². The fourth-order valence-electron chi connectivity index (χ4n) is 1.86. The fraction of sp³-hybridized carbons (Fsp3) is 0.500. The van der Waals surface area contributed by atoms with Gasteiger partial charge in [-0.3, -0.25) is 4.90 Å². The Morgan fingerprint density at radius 3 is 2.81 bits per heavy atom. The number of aromatic hydroxyl groups is 1. The molecule has 0 amide bonds. The second-order valence-electron chi connectivity index (χ2n) is 3.86. The molecule has 0 aromatic heterocycles. The van der Waals surface area contributed by atoms with Crippen molar-refractivity contribution in [3.8, 4) is 11.5 Å². The minimum absolute atomic E-state index is 0.247. The number of phenols is 1. The van der Waals surface area contributed by atoms with Crippen molar-refractivity contribution >= 4 is 0 Å². The summed E-state index contributed by atoms with van der Waals surface area (Å²) in [5, 5.41) is 9.94.